The Kier molecular flexibility index (Phi) is 15.7. The van der Waals surface area contributed by atoms with Gasteiger partial charge in [-0.05, 0) is 103 Å². The van der Waals surface area contributed by atoms with Crippen molar-refractivity contribution in [1.82, 2.24) is 10.2 Å². The molecule has 2 atom stereocenters. The van der Waals surface area contributed by atoms with Crippen LogP contribution in [0.5, 0.6) is 11.5 Å². The maximum atomic E-state index is 12.3. The fraction of sp³-hybridized carbons (Fsp3) is 0.367. The molecule has 0 saturated heterocycles. The number of unbranched alkanes of at least 4 members (excludes halogenated alkanes) is 2. The normalized spacial score (nSPS) is 14.1. The highest BCUT2D eigenvalue weighted by Crippen LogP contribution is 2.42. The second-order valence-corrected chi connectivity index (χ2v) is 15.0. The number of amides is 1. The van der Waals surface area contributed by atoms with Gasteiger partial charge < -0.3 is 25.3 Å². The molecule has 0 aromatic heterocycles. The summed E-state index contributed by atoms with van der Waals surface area (Å²) in [6.07, 6.45) is 9.01. The first kappa shape index (κ1) is 40.4. The first-order valence-corrected chi connectivity index (χ1v) is 20.6. The van der Waals surface area contributed by atoms with E-state index in [1.54, 1.807) is 0 Å². The van der Waals surface area contributed by atoms with E-state index in [4.69, 9.17) is 19.9 Å². The highest BCUT2D eigenvalue weighted by molar-refractivity contribution is 5.67. The predicted molar refractivity (Wildman–Crippen MR) is 227 cm³/mol. The van der Waals surface area contributed by atoms with Crippen molar-refractivity contribution in [3.63, 3.8) is 0 Å². The molecule has 0 spiro atoms. The quantitative estimate of drug-likeness (QED) is 0.0573. The second kappa shape index (κ2) is 21.7. The lowest BCUT2D eigenvalue weighted by Gasteiger charge is -2.40. The smallest absolute Gasteiger partial charge is 0.407 e. The molecule has 7 heteroatoms. The molecule has 1 unspecified atom stereocenters. The molecule has 3 N–H and O–H groups in total. The van der Waals surface area contributed by atoms with Gasteiger partial charge in [0.1, 0.15) is 19.8 Å². The molecule has 1 aliphatic carbocycles. The number of benzene rings is 5. The summed E-state index contributed by atoms with van der Waals surface area (Å²) in [6, 6.07) is 43.7. The summed E-state index contributed by atoms with van der Waals surface area (Å²) in [5, 5.41) is 2.95. The Morgan fingerprint density at radius 2 is 1.38 bits per heavy atom. The fourth-order valence-electron chi connectivity index (χ4n) is 7.92. The number of anilines is 1. The summed E-state index contributed by atoms with van der Waals surface area (Å²) in [4.78, 5) is 15.1. The maximum absolute atomic E-state index is 12.3. The van der Waals surface area contributed by atoms with Gasteiger partial charge in [-0.3, -0.25) is 4.90 Å². The zero-order valence-corrected chi connectivity index (χ0v) is 33.0. The van der Waals surface area contributed by atoms with E-state index in [1.807, 2.05) is 66.7 Å². The molecule has 0 aliphatic heterocycles. The lowest BCUT2D eigenvalue weighted by molar-refractivity contribution is 0.120. The Bertz CT molecular complexity index is 1890. The Morgan fingerprint density at radius 1 is 0.732 bits per heavy atom. The first-order chi connectivity index (χ1) is 27.6. The van der Waals surface area contributed by atoms with Crippen molar-refractivity contribution in [1.29, 1.82) is 0 Å². The number of nitrogens with two attached hydrogens (primary N) is 1. The Morgan fingerprint density at radius 3 is 2.04 bits per heavy atom. The van der Waals surface area contributed by atoms with Crippen molar-refractivity contribution in [2.45, 2.75) is 90.6 Å². The number of carbonyl (C=O) groups is 1. The third-order valence-electron chi connectivity index (χ3n) is 10.9. The summed E-state index contributed by atoms with van der Waals surface area (Å²) < 4.78 is 18.5. The van der Waals surface area contributed by atoms with Crippen LogP contribution in [0.3, 0.4) is 0 Å². The van der Waals surface area contributed by atoms with Crippen LogP contribution >= 0.6 is 0 Å². The second-order valence-electron chi connectivity index (χ2n) is 15.0. The number of alkyl carbamates (subject to hydrolysis) is 1. The van der Waals surface area contributed by atoms with Crippen LogP contribution in [-0.4, -0.2) is 36.7 Å². The number of carbonyl (C=O) groups excluding carboxylic acids is 1. The zero-order valence-electron chi connectivity index (χ0n) is 33.0. The molecule has 5 aromatic carbocycles. The van der Waals surface area contributed by atoms with E-state index in [2.05, 4.69) is 77.8 Å². The van der Waals surface area contributed by atoms with Gasteiger partial charge in [-0.1, -0.05) is 129 Å². The van der Waals surface area contributed by atoms with Gasteiger partial charge in [0.05, 0.1) is 0 Å². The molecular weight excluding hydrogens is 695 g/mol. The van der Waals surface area contributed by atoms with Crippen LogP contribution in [0.1, 0.15) is 78.8 Å². The molecule has 0 fully saturated rings. The van der Waals surface area contributed by atoms with Crippen molar-refractivity contribution in [3.05, 3.63) is 161 Å². The molecule has 6 rings (SSSR count). The molecule has 0 bridgehead atoms. The minimum Gasteiger partial charge on any atom is -0.485 e. The number of hydrogen-bond donors (Lipinski definition) is 2. The van der Waals surface area contributed by atoms with Gasteiger partial charge >= 0.3 is 6.09 Å². The highest BCUT2D eigenvalue weighted by atomic mass is 16.5. The third kappa shape index (κ3) is 12.4. The molecule has 5 aromatic rings. The SMILES string of the molecule is CCCN(CCc1ccc(N)cc1)[C@@H](CCCCCNC(=O)OCc1ccccc1)C1CCc2c(ccc(OCc3ccccc3)c2OCc2ccccc2)C1. The number of ether oxygens (including phenoxy) is 3. The number of rotatable bonds is 21. The number of hydrogen-bond acceptors (Lipinski definition) is 6. The van der Waals surface area contributed by atoms with Crippen LogP contribution in [0.2, 0.25) is 0 Å². The van der Waals surface area contributed by atoms with Crippen LogP contribution in [-0.2, 0) is 43.8 Å². The third-order valence-corrected chi connectivity index (χ3v) is 10.9. The minimum atomic E-state index is -0.356. The topological polar surface area (TPSA) is 86.1 Å². The molecule has 0 radical (unpaired) electrons. The number of nitrogen functional groups attached to an aromatic ring is 1. The summed E-state index contributed by atoms with van der Waals surface area (Å²) >= 11 is 0. The van der Waals surface area contributed by atoms with Gasteiger partial charge in [-0.25, -0.2) is 4.79 Å². The average molecular weight is 754 g/mol. The molecule has 294 valence electrons. The van der Waals surface area contributed by atoms with Crippen LogP contribution in [0.15, 0.2) is 127 Å². The molecule has 56 heavy (non-hydrogen) atoms. The zero-order chi connectivity index (χ0) is 38.8. The molecule has 0 heterocycles. The Balaban J connectivity index is 1.13. The lowest BCUT2D eigenvalue weighted by atomic mass is 9.77. The van der Waals surface area contributed by atoms with Gasteiger partial charge in [0.25, 0.3) is 0 Å². The van der Waals surface area contributed by atoms with Crippen molar-refractivity contribution in [2.75, 3.05) is 25.4 Å². The standard InChI is InChI=1S/C49H59N3O4/c1-2-32-52(33-30-38-22-26-44(50)27-23-38)46(21-13-6-14-31-51-49(53)56-37-41-19-11-5-12-20-41)43-24-28-45-42(34-43)25-29-47(54-35-39-15-7-3-8-16-39)48(45)55-36-40-17-9-4-10-18-40/h3-5,7-12,15-20,22-23,25-27,29,43,46H,2,6,13-14,21,24,28,30-37,50H2,1H3,(H,51,53)/t43?,46-/m0/s1. The Labute approximate surface area is 334 Å². The monoisotopic (exact) mass is 753 g/mol. The van der Waals surface area contributed by atoms with E-state index in [9.17, 15) is 4.79 Å². The number of nitrogens with one attached hydrogen (secondary N) is 1. The first-order valence-electron chi connectivity index (χ1n) is 20.6. The maximum Gasteiger partial charge on any atom is 0.407 e. The van der Waals surface area contributed by atoms with Gasteiger partial charge in [0.15, 0.2) is 11.5 Å². The predicted octanol–water partition coefficient (Wildman–Crippen LogP) is 10.3. The van der Waals surface area contributed by atoms with E-state index >= 15 is 0 Å². The van der Waals surface area contributed by atoms with Crippen molar-refractivity contribution < 1.29 is 19.0 Å². The van der Waals surface area contributed by atoms with Gasteiger partial charge in [0, 0.05) is 30.4 Å². The summed E-state index contributed by atoms with van der Waals surface area (Å²) in [5.74, 6) is 2.22. The van der Waals surface area contributed by atoms with Crippen molar-refractivity contribution in [3.8, 4) is 11.5 Å². The van der Waals surface area contributed by atoms with Gasteiger partial charge in [-0.15, -0.1) is 0 Å². The summed E-state index contributed by atoms with van der Waals surface area (Å²) in [6.45, 7) is 6.26. The molecule has 0 saturated carbocycles. The van der Waals surface area contributed by atoms with Crippen LogP contribution in [0, 0.1) is 5.92 Å². The number of fused-ring (bicyclic) bond motifs is 1. The molecule has 1 aliphatic rings. The van der Waals surface area contributed by atoms with E-state index in [1.165, 1.54) is 16.7 Å². The lowest BCUT2D eigenvalue weighted by Crippen LogP contribution is -2.44. The number of nitrogens with zero attached hydrogens (tertiary/aromatic N) is 1. The van der Waals surface area contributed by atoms with E-state index in [0.29, 0.717) is 31.7 Å². The van der Waals surface area contributed by atoms with E-state index in [-0.39, 0.29) is 12.7 Å². The van der Waals surface area contributed by atoms with Crippen LogP contribution in [0.4, 0.5) is 10.5 Å². The van der Waals surface area contributed by atoms with Gasteiger partial charge in [-0.2, -0.15) is 0 Å². The Hall–Kier alpha value is -5.27. The largest absolute Gasteiger partial charge is 0.485 e. The van der Waals surface area contributed by atoms with E-state index in [0.717, 1.165) is 105 Å². The molecule has 1 amide bonds. The summed E-state index contributed by atoms with van der Waals surface area (Å²) in [5.41, 5.74) is 14.1. The fourth-order valence-corrected chi connectivity index (χ4v) is 7.92. The minimum absolute atomic E-state index is 0.283. The van der Waals surface area contributed by atoms with Gasteiger partial charge in [0.2, 0.25) is 0 Å². The summed E-state index contributed by atoms with van der Waals surface area (Å²) in [7, 11) is 0. The van der Waals surface area contributed by atoms with Crippen LogP contribution in [0.25, 0.3) is 0 Å². The van der Waals surface area contributed by atoms with Crippen molar-refractivity contribution in [2.24, 2.45) is 5.92 Å². The van der Waals surface area contributed by atoms with Crippen LogP contribution < -0.4 is 20.5 Å². The molecular formula is C49H59N3O4. The highest BCUT2D eigenvalue weighted by Gasteiger charge is 2.32. The van der Waals surface area contributed by atoms with Crippen molar-refractivity contribution >= 4 is 11.8 Å². The average Bonchev–Trinajstić information content (AvgIpc) is 3.24. The molecule has 7 nitrogen and oxygen atoms in total. The van der Waals surface area contributed by atoms with E-state index < -0.39 is 0 Å².